The zero-order valence-electron chi connectivity index (χ0n) is 9.50. The highest BCUT2D eigenvalue weighted by molar-refractivity contribution is 5.85. The number of benzene rings is 1. The molecule has 0 aliphatic rings. The summed E-state index contributed by atoms with van der Waals surface area (Å²) in [5.74, 6) is -1.03. The second-order valence-electron chi connectivity index (χ2n) is 3.61. The van der Waals surface area contributed by atoms with E-state index in [2.05, 4.69) is 6.58 Å². The van der Waals surface area contributed by atoms with Crippen LogP contribution in [0.2, 0.25) is 0 Å². The summed E-state index contributed by atoms with van der Waals surface area (Å²) >= 11 is 0. The monoisotopic (exact) mass is 236 g/mol. The van der Waals surface area contributed by atoms with Crippen molar-refractivity contribution in [3.05, 3.63) is 48.0 Å². The quantitative estimate of drug-likeness (QED) is 0.708. The highest BCUT2D eigenvalue weighted by Crippen LogP contribution is 2.24. The summed E-state index contributed by atoms with van der Waals surface area (Å²) in [7, 11) is 0. The smallest absolute Gasteiger partial charge is 0.331 e. The number of carboxylic acid groups (broad SMARTS) is 1. The summed E-state index contributed by atoms with van der Waals surface area (Å²) in [6.07, 6.45) is -0.175. The average Bonchev–Trinajstić information content (AvgIpc) is 2.35. The Hall–Kier alpha value is -1.65. The van der Waals surface area contributed by atoms with Crippen LogP contribution in [-0.4, -0.2) is 29.4 Å². The van der Waals surface area contributed by atoms with Gasteiger partial charge in [-0.15, -0.1) is 0 Å². The van der Waals surface area contributed by atoms with E-state index in [1.807, 2.05) is 30.3 Å². The minimum atomic E-state index is -1.03. The molecule has 0 aliphatic carbocycles. The maximum Gasteiger partial charge on any atom is 0.331 e. The number of hydrogen-bond acceptors (Lipinski definition) is 3. The zero-order valence-corrected chi connectivity index (χ0v) is 9.50. The first-order valence-corrected chi connectivity index (χ1v) is 5.33. The molecule has 0 amide bonds. The number of rotatable bonds is 7. The van der Waals surface area contributed by atoms with Crippen molar-refractivity contribution >= 4 is 5.97 Å². The van der Waals surface area contributed by atoms with E-state index in [0.29, 0.717) is 0 Å². The van der Waals surface area contributed by atoms with E-state index in [1.54, 1.807) is 0 Å². The van der Waals surface area contributed by atoms with Crippen molar-refractivity contribution in [1.82, 2.24) is 0 Å². The van der Waals surface area contributed by atoms with E-state index in [0.717, 1.165) is 5.56 Å². The molecule has 0 saturated heterocycles. The standard InChI is InChI=1S/C13H16O4/c1-10(13(15)16)9-12(17-8-7-14)11-5-3-2-4-6-11/h2-6,12,14H,1,7-9H2,(H,15,16). The summed E-state index contributed by atoms with van der Waals surface area (Å²) in [5.41, 5.74) is 0.972. The normalized spacial score (nSPS) is 12.1. The lowest BCUT2D eigenvalue weighted by Gasteiger charge is -2.17. The molecule has 0 heterocycles. The number of aliphatic hydroxyl groups is 1. The maximum atomic E-state index is 10.7. The van der Waals surface area contributed by atoms with Gasteiger partial charge in [0.1, 0.15) is 0 Å². The largest absolute Gasteiger partial charge is 0.478 e. The lowest BCUT2D eigenvalue weighted by atomic mass is 10.0. The molecule has 4 nitrogen and oxygen atoms in total. The molecule has 0 spiro atoms. The van der Waals surface area contributed by atoms with Crippen molar-refractivity contribution in [3.8, 4) is 0 Å². The third-order valence-corrected chi connectivity index (χ3v) is 2.32. The van der Waals surface area contributed by atoms with Gasteiger partial charge in [0.2, 0.25) is 0 Å². The number of aliphatic carboxylic acids is 1. The van der Waals surface area contributed by atoms with Crippen LogP contribution < -0.4 is 0 Å². The van der Waals surface area contributed by atoms with Crippen LogP contribution in [0.15, 0.2) is 42.5 Å². The molecule has 4 heteroatoms. The van der Waals surface area contributed by atoms with Gasteiger partial charge >= 0.3 is 5.97 Å². The fourth-order valence-corrected chi connectivity index (χ4v) is 1.45. The Morgan fingerprint density at radius 2 is 2.00 bits per heavy atom. The predicted octanol–water partition coefficient (Wildman–Crippen LogP) is 1.77. The first kappa shape index (κ1) is 13.4. The van der Waals surface area contributed by atoms with Gasteiger partial charge < -0.3 is 14.9 Å². The van der Waals surface area contributed by atoms with E-state index in [4.69, 9.17) is 14.9 Å². The van der Waals surface area contributed by atoms with Crippen LogP contribution in [-0.2, 0) is 9.53 Å². The van der Waals surface area contributed by atoms with Crippen molar-refractivity contribution in [2.45, 2.75) is 12.5 Å². The van der Waals surface area contributed by atoms with Crippen LogP contribution in [0.3, 0.4) is 0 Å². The van der Waals surface area contributed by atoms with E-state index >= 15 is 0 Å². The highest BCUT2D eigenvalue weighted by Gasteiger charge is 2.16. The number of aliphatic hydroxyl groups excluding tert-OH is 1. The maximum absolute atomic E-state index is 10.7. The molecule has 17 heavy (non-hydrogen) atoms. The van der Waals surface area contributed by atoms with Gasteiger partial charge in [-0.05, 0) is 5.56 Å². The molecular weight excluding hydrogens is 220 g/mol. The Kier molecular flexibility index (Phi) is 5.39. The van der Waals surface area contributed by atoms with Crippen molar-refractivity contribution in [1.29, 1.82) is 0 Å². The first-order chi connectivity index (χ1) is 8.15. The summed E-state index contributed by atoms with van der Waals surface area (Å²) in [6.45, 7) is 3.56. The lowest BCUT2D eigenvalue weighted by Crippen LogP contribution is -2.11. The summed E-state index contributed by atoms with van der Waals surface area (Å²) in [5, 5.41) is 17.5. The predicted molar refractivity (Wildman–Crippen MR) is 63.6 cm³/mol. The van der Waals surface area contributed by atoms with Crippen LogP contribution in [0.1, 0.15) is 18.1 Å². The van der Waals surface area contributed by atoms with E-state index in [9.17, 15) is 4.79 Å². The highest BCUT2D eigenvalue weighted by atomic mass is 16.5. The molecule has 0 bridgehead atoms. The molecule has 0 aliphatic heterocycles. The minimum Gasteiger partial charge on any atom is -0.478 e. The van der Waals surface area contributed by atoms with Crippen LogP contribution in [0.5, 0.6) is 0 Å². The Morgan fingerprint density at radius 1 is 1.35 bits per heavy atom. The van der Waals surface area contributed by atoms with Gasteiger partial charge in [0, 0.05) is 12.0 Å². The van der Waals surface area contributed by atoms with Crippen molar-refractivity contribution < 1.29 is 19.7 Å². The number of carbonyl (C=O) groups is 1. The summed E-state index contributed by atoms with van der Waals surface area (Å²) < 4.78 is 5.42. The van der Waals surface area contributed by atoms with Gasteiger partial charge in [-0.2, -0.15) is 0 Å². The number of ether oxygens (including phenoxy) is 1. The fourth-order valence-electron chi connectivity index (χ4n) is 1.45. The van der Waals surface area contributed by atoms with Gasteiger partial charge in [-0.25, -0.2) is 4.79 Å². The van der Waals surface area contributed by atoms with Gasteiger partial charge in [0.15, 0.2) is 0 Å². The Morgan fingerprint density at radius 3 is 2.53 bits per heavy atom. The molecule has 0 fully saturated rings. The summed E-state index contributed by atoms with van der Waals surface area (Å²) in [4.78, 5) is 10.7. The molecule has 1 atom stereocenters. The molecule has 92 valence electrons. The van der Waals surface area contributed by atoms with Crippen LogP contribution in [0.25, 0.3) is 0 Å². The lowest BCUT2D eigenvalue weighted by molar-refractivity contribution is -0.133. The third kappa shape index (κ3) is 4.38. The third-order valence-electron chi connectivity index (χ3n) is 2.32. The Labute approximate surface area is 100 Å². The molecule has 0 aromatic heterocycles. The van der Waals surface area contributed by atoms with E-state index in [1.165, 1.54) is 0 Å². The van der Waals surface area contributed by atoms with Gasteiger partial charge in [-0.3, -0.25) is 0 Å². The van der Waals surface area contributed by atoms with Crippen LogP contribution in [0.4, 0.5) is 0 Å². The fraction of sp³-hybridized carbons (Fsp3) is 0.308. The topological polar surface area (TPSA) is 66.8 Å². The SMILES string of the molecule is C=C(CC(OCCO)c1ccccc1)C(=O)O. The van der Waals surface area contributed by atoms with Gasteiger partial charge in [-0.1, -0.05) is 36.9 Å². The molecule has 2 N–H and O–H groups in total. The second-order valence-corrected chi connectivity index (χ2v) is 3.61. The zero-order chi connectivity index (χ0) is 12.7. The average molecular weight is 236 g/mol. The van der Waals surface area contributed by atoms with Crippen molar-refractivity contribution in [3.63, 3.8) is 0 Å². The Balaban J connectivity index is 2.74. The second kappa shape index (κ2) is 6.83. The van der Waals surface area contributed by atoms with Crippen molar-refractivity contribution in [2.75, 3.05) is 13.2 Å². The molecule has 1 unspecified atom stereocenters. The first-order valence-electron chi connectivity index (χ1n) is 5.33. The van der Waals surface area contributed by atoms with Crippen LogP contribution in [0, 0.1) is 0 Å². The van der Waals surface area contributed by atoms with E-state index in [-0.39, 0.29) is 31.3 Å². The molecule has 1 rings (SSSR count). The minimum absolute atomic E-state index is 0.0943. The molecule has 1 aromatic carbocycles. The van der Waals surface area contributed by atoms with Crippen LogP contribution >= 0.6 is 0 Å². The molecule has 1 aromatic rings. The van der Waals surface area contributed by atoms with Gasteiger partial charge in [0.05, 0.1) is 19.3 Å². The number of carboxylic acids is 1. The van der Waals surface area contributed by atoms with Gasteiger partial charge in [0.25, 0.3) is 0 Å². The Bertz CT molecular complexity index is 372. The summed E-state index contributed by atoms with van der Waals surface area (Å²) in [6, 6.07) is 9.30. The number of hydrogen-bond donors (Lipinski definition) is 2. The molecular formula is C13H16O4. The molecule has 0 radical (unpaired) electrons. The molecule has 0 saturated carbocycles. The van der Waals surface area contributed by atoms with E-state index < -0.39 is 5.97 Å². The van der Waals surface area contributed by atoms with Crippen molar-refractivity contribution in [2.24, 2.45) is 0 Å².